The summed E-state index contributed by atoms with van der Waals surface area (Å²) in [7, 11) is 2.12. The Morgan fingerprint density at radius 1 is 1.50 bits per heavy atom. The number of rotatable bonds is 3. The van der Waals surface area contributed by atoms with E-state index < -0.39 is 0 Å². The summed E-state index contributed by atoms with van der Waals surface area (Å²) < 4.78 is 0. The summed E-state index contributed by atoms with van der Waals surface area (Å²) in [5.41, 5.74) is 0. The lowest BCUT2D eigenvalue weighted by Gasteiger charge is -2.25. The van der Waals surface area contributed by atoms with Gasteiger partial charge in [0.2, 0.25) is 0 Å². The fraction of sp³-hybridized carbons (Fsp3) is 1.00. The molecule has 1 aliphatic rings. The maximum atomic E-state index is 9.21. The van der Waals surface area contributed by atoms with Gasteiger partial charge in [-0.15, -0.1) is 0 Å². The fourth-order valence-electron chi connectivity index (χ4n) is 2.14. The van der Waals surface area contributed by atoms with E-state index in [2.05, 4.69) is 18.9 Å². The number of hydrogen-bond acceptors (Lipinski definition) is 2. The summed E-state index contributed by atoms with van der Waals surface area (Å²) in [6.07, 6.45) is 3.79. The largest absolute Gasteiger partial charge is 0.392 e. The van der Waals surface area contributed by atoms with Gasteiger partial charge in [-0.1, -0.05) is 6.92 Å². The summed E-state index contributed by atoms with van der Waals surface area (Å²) in [5, 5.41) is 9.21. The Balaban J connectivity index is 2.28. The molecule has 0 aromatic heterocycles. The predicted octanol–water partition coefficient (Wildman–Crippen LogP) is 1.49. The number of likely N-dealkylation sites (N-methyl/N-ethyl adjacent to an activating group) is 1. The van der Waals surface area contributed by atoms with Gasteiger partial charge in [0.25, 0.3) is 0 Å². The average Bonchev–Trinajstić information content (AvgIpc) is 2.34. The molecule has 0 aromatic rings. The van der Waals surface area contributed by atoms with Crippen LogP contribution in [-0.4, -0.2) is 35.7 Å². The lowest BCUT2D eigenvalue weighted by Crippen LogP contribution is -2.35. The molecule has 0 aliphatic heterocycles. The van der Waals surface area contributed by atoms with E-state index >= 15 is 0 Å². The third-order valence-electron chi connectivity index (χ3n) is 2.84. The molecule has 2 heteroatoms. The zero-order valence-corrected chi connectivity index (χ0v) is 8.45. The Morgan fingerprint density at radius 3 is 2.58 bits per heavy atom. The van der Waals surface area contributed by atoms with Gasteiger partial charge >= 0.3 is 0 Å². The van der Waals surface area contributed by atoms with E-state index in [-0.39, 0.29) is 6.10 Å². The molecule has 1 N–H and O–H groups in total. The van der Waals surface area contributed by atoms with Gasteiger partial charge in [-0.05, 0) is 39.2 Å². The molecule has 1 aliphatic carbocycles. The second kappa shape index (κ2) is 4.24. The monoisotopic (exact) mass is 171 g/mol. The van der Waals surface area contributed by atoms with Crippen LogP contribution in [0.3, 0.4) is 0 Å². The molecule has 0 heterocycles. The summed E-state index contributed by atoms with van der Waals surface area (Å²) >= 11 is 0. The molecule has 1 saturated carbocycles. The quantitative estimate of drug-likeness (QED) is 0.695. The highest BCUT2D eigenvalue weighted by Gasteiger charge is 2.24. The van der Waals surface area contributed by atoms with E-state index in [1.807, 2.05) is 6.92 Å². The molecule has 0 radical (unpaired) electrons. The van der Waals surface area contributed by atoms with E-state index in [0.717, 1.165) is 18.5 Å². The van der Waals surface area contributed by atoms with Crippen LogP contribution in [0.1, 0.15) is 33.1 Å². The molecule has 3 atom stereocenters. The molecule has 0 saturated heterocycles. The minimum atomic E-state index is -0.189. The summed E-state index contributed by atoms with van der Waals surface area (Å²) in [4.78, 5) is 2.30. The lowest BCUT2D eigenvalue weighted by molar-refractivity contribution is 0.117. The van der Waals surface area contributed by atoms with E-state index in [4.69, 9.17) is 0 Å². The van der Waals surface area contributed by atoms with Gasteiger partial charge in [0, 0.05) is 12.6 Å². The third-order valence-corrected chi connectivity index (χ3v) is 2.84. The summed E-state index contributed by atoms with van der Waals surface area (Å²) in [5.74, 6) is 0.881. The van der Waals surface area contributed by atoms with Crippen molar-refractivity contribution in [3.8, 4) is 0 Å². The first-order valence-electron chi connectivity index (χ1n) is 4.98. The molecular formula is C10H21NO. The van der Waals surface area contributed by atoms with Gasteiger partial charge in [-0.3, -0.25) is 0 Å². The Labute approximate surface area is 75.6 Å². The minimum Gasteiger partial charge on any atom is -0.392 e. The van der Waals surface area contributed by atoms with Crippen molar-refractivity contribution in [2.45, 2.75) is 45.3 Å². The maximum Gasteiger partial charge on any atom is 0.0639 e. The van der Waals surface area contributed by atoms with Crippen molar-refractivity contribution in [1.82, 2.24) is 4.90 Å². The summed E-state index contributed by atoms with van der Waals surface area (Å²) in [6.45, 7) is 4.99. The topological polar surface area (TPSA) is 23.5 Å². The van der Waals surface area contributed by atoms with Crippen molar-refractivity contribution >= 4 is 0 Å². The highest BCUT2D eigenvalue weighted by molar-refractivity contribution is 4.79. The first-order valence-corrected chi connectivity index (χ1v) is 4.98. The van der Waals surface area contributed by atoms with Crippen LogP contribution < -0.4 is 0 Å². The second-order valence-electron chi connectivity index (χ2n) is 4.36. The molecule has 0 bridgehead atoms. The van der Waals surface area contributed by atoms with Gasteiger partial charge in [-0.2, -0.15) is 0 Å². The van der Waals surface area contributed by atoms with Gasteiger partial charge in [0.15, 0.2) is 0 Å². The van der Waals surface area contributed by atoms with Crippen molar-refractivity contribution in [3.63, 3.8) is 0 Å². The average molecular weight is 171 g/mol. The van der Waals surface area contributed by atoms with E-state index in [0.29, 0.717) is 0 Å². The van der Waals surface area contributed by atoms with Crippen LogP contribution >= 0.6 is 0 Å². The predicted molar refractivity (Wildman–Crippen MR) is 51.1 cm³/mol. The molecule has 1 fully saturated rings. The van der Waals surface area contributed by atoms with Gasteiger partial charge in [-0.25, -0.2) is 0 Å². The highest BCUT2D eigenvalue weighted by Crippen LogP contribution is 2.27. The third kappa shape index (κ3) is 2.76. The van der Waals surface area contributed by atoms with E-state index in [1.54, 1.807) is 0 Å². The fourth-order valence-corrected chi connectivity index (χ4v) is 2.14. The zero-order chi connectivity index (χ0) is 9.14. The zero-order valence-electron chi connectivity index (χ0n) is 8.45. The van der Waals surface area contributed by atoms with E-state index in [1.165, 1.54) is 19.3 Å². The van der Waals surface area contributed by atoms with Crippen molar-refractivity contribution in [1.29, 1.82) is 0 Å². The smallest absolute Gasteiger partial charge is 0.0639 e. The number of hydrogen-bond donors (Lipinski definition) is 1. The van der Waals surface area contributed by atoms with Crippen LogP contribution in [0.25, 0.3) is 0 Å². The Kier molecular flexibility index (Phi) is 3.53. The molecule has 2 unspecified atom stereocenters. The molecule has 0 amide bonds. The van der Waals surface area contributed by atoms with Crippen molar-refractivity contribution < 1.29 is 5.11 Å². The first-order chi connectivity index (χ1) is 5.59. The Morgan fingerprint density at radius 2 is 2.17 bits per heavy atom. The van der Waals surface area contributed by atoms with Crippen LogP contribution in [-0.2, 0) is 0 Å². The van der Waals surface area contributed by atoms with Crippen molar-refractivity contribution in [3.05, 3.63) is 0 Å². The molecule has 2 nitrogen and oxygen atoms in total. The molecular weight excluding hydrogens is 150 g/mol. The molecule has 72 valence electrons. The summed E-state index contributed by atoms with van der Waals surface area (Å²) in [6, 6.07) is 0.717. The SMILES string of the molecule is CC1CCC(N(C)C[C@@H](C)O)C1. The second-order valence-corrected chi connectivity index (χ2v) is 4.36. The van der Waals surface area contributed by atoms with Crippen LogP contribution in [0, 0.1) is 5.92 Å². The first kappa shape index (κ1) is 10.0. The van der Waals surface area contributed by atoms with Crippen LogP contribution in [0.4, 0.5) is 0 Å². The minimum absolute atomic E-state index is 0.189. The molecule has 0 spiro atoms. The van der Waals surface area contributed by atoms with E-state index in [9.17, 15) is 5.11 Å². The van der Waals surface area contributed by atoms with Gasteiger partial charge < -0.3 is 10.0 Å². The number of aliphatic hydroxyl groups is 1. The standard InChI is InChI=1S/C10H21NO/c1-8-4-5-10(6-8)11(3)7-9(2)12/h8-10,12H,4-7H2,1-3H3/t8?,9-,10?/m1/s1. The van der Waals surface area contributed by atoms with Crippen LogP contribution in [0.2, 0.25) is 0 Å². The van der Waals surface area contributed by atoms with Gasteiger partial charge in [0.05, 0.1) is 6.10 Å². The molecule has 12 heavy (non-hydrogen) atoms. The normalized spacial score (nSPS) is 32.8. The lowest BCUT2D eigenvalue weighted by atomic mass is 10.1. The highest BCUT2D eigenvalue weighted by atomic mass is 16.3. The maximum absolute atomic E-state index is 9.21. The number of aliphatic hydroxyl groups excluding tert-OH is 1. The number of nitrogens with zero attached hydrogens (tertiary/aromatic N) is 1. The molecule has 1 rings (SSSR count). The van der Waals surface area contributed by atoms with Crippen molar-refractivity contribution in [2.24, 2.45) is 5.92 Å². The van der Waals surface area contributed by atoms with Crippen LogP contribution in [0.5, 0.6) is 0 Å². The Bertz CT molecular complexity index is 136. The molecule has 0 aromatic carbocycles. The van der Waals surface area contributed by atoms with Crippen molar-refractivity contribution in [2.75, 3.05) is 13.6 Å². The Hall–Kier alpha value is -0.0800. The van der Waals surface area contributed by atoms with Crippen LogP contribution in [0.15, 0.2) is 0 Å². The van der Waals surface area contributed by atoms with Gasteiger partial charge in [0.1, 0.15) is 0 Å².